The predicted octanol–water partition coefficient (Wildman–Crippen LogP) is 4.58. The van der Waals surface area contributed by atoms with Gasteiger partial charge in [-0.2, -0.15) is 0 Å². The highest BCUT2D eigenvalue weighted by atomic mass is 32.2. The van der Waals surface area contributed by atoms with E-state index in [0.29, 0.717) is 24.3 Å². The summed E-state index contributed by atoms with van der Waals surface area (Å²) in [4.78, 5) is 27.6. The zero-order chi connectivity index (χ0) is 22.1. The molecule has 0 saturated carbocycles. The summed E-state index contributed by atoms with van der Waals surface area (Å²) in [6.45, 7) is 3.61. The van der Waals surface area contributed by atoms with E-state index in [4.69, 9.17) is 4.74 Å². The molecule has 1 aliphatic heterocycles. The minimum Gasteiger partial charge on any atom is -0.483 e. The van der Waals surface area contributed by atoms with Crippen LogP contribution in [-0.4, -0.2) is 42.2 Å². The van der Waals surface area contributed by atoms with E-state index in [-0.39, 0.29) is 30.3 Å². The van der Waals surface area contributed by atoms with E-state index in [1.165, 1.54) is 23.9 Å². The number of thioether (sulfide) groups is 1. The Labute approximate surface area is 187 Å². The molecule has 166 valence electrons. The number of carbonyl (C=O) groups excluding carboxylic acids is 2. The number of nitrogens with zero attached hydrogens (tertiary/aromatic N) is 1. The lowest BCUT2D eigenvalue weighted by molar-refractivity contribution is -0.132. The summed E-state index contributed by atoms with van der Waals surface area (Å²) < 4.78 is 18.8. The molecule has 1 heterocycles. The van der Waals surface area contributed by atoms with Crippen molar-refractivity contribution in [3.8, 4) is 5.75 Å². The van der Waals surface area contributed by atoms with Crippen molar-refractivity contribution in [2.45, 2.75) is 43.5 Å². The van der Waals surface area contributed by atoms with Crippen molar-refractivity contribution >= 4 is 23.6 Å². The van der Waals surface area contributed by atoms with E-state index in [1.807, 2.05) is 36.1 Å². The molecule has 3 rings (SSSR count). The number of hydrogen-bond acceptors (Lipinski definition) is 4. The monoisotopic (exact) mass is 444 g/mol. The molecule has 2 amide bonds. The Morgan fingerprint density at radius 1 is 1.13 bits per heavy atom. The van der Waals surface area contributed by atoms with Crippen LogP contribution in [-0.2, 0) is 9.59 Å². The molecule has 2 aromatic rings. The number of halogens is 1. The molecule has 1 atom stereocenters. The maximum Gasteiger partial charge on any atom is 0.260 e. The second-order valence-electron chi connectivity index (χ2n) is 7.50. The van der Waals surface area contributed by atoms with Gasteiger partial charge in [0.2, 0.25) is 5.91 Å². The SMILES string of the molecule is CCC(NC(=O)CCSc1ccc(F)cc1)c1ccccc1OCC(=O)N1CCCC1. The van der Waals surface area contributed by atoms with Gasteiger partial charge in [-0.15, -0.1) is 11.8 Å². The Kier molecular flexibility index (Phi) is 8.76. The standard InChI is InChI=1S/C24H29FN2O3S/c1-2-21(26-23(28)13-16-31-19-11-9-18(25)10-12-19)20-7-3-4-8-22(20)30-17-24(29)27-14-5-6-15-27/h3-4,7-12,21H,2,5-6,13-17H2,1H3,(H,26,28). The maximum absolute atomic E-state index is 13.0. The zero-order valence-electron chi connectivity index (χ0n) is 17.8. The van der Waals surface area contributed by atoms with Gasteiger partial charge in [0.25, 0.3) is 5.91 Å². The third kappa shape index (κ3) is 6.99. The molecular weight excluding hydrogens is 415 g/mol. The number of benzene rings is 2. The molecule has 1 fully saturated rings. The van der Waals surface area contributed by atoms with Gasteiger partial charge >= 0.3 is 0 Å². The fourth-order valence-corrected chi connectivity index (χ4v) is 4.41. The molecule has 5 nitrogen and oxygen atoms in total. The summed E-state index contributed by atoms with van der Waals surface area (Å²) in [5.74, 6) is 0.918. The molecule has 0 bridgehead atoms. The molecule has 31 heavy (non-hydrogen) atoms. The van der Waals surface area contributed by atoms with E-state index in [0.717, 1.165) is 36.4 Å². The van der Waals surface area contributed by atoms with Crippen molar-refractivity contribution in [1.82, 2.24) is 10.2 Å². The fourth-order valence-electron chi connectivity index (χ4n) is 3.56. The third-order valence-electron chi connectivity index (χ3n) is 5.26. The molecule has 1 unspecified atom stereocenters. The van der Waals surface area contributed by atoms with Crippen molar-refractivity contribution in [3.05, 3.63) is 59.9 Å². The van der Waals surface area contributed by atoms with E-state index in [2.05, 4.69) is 5.32 Å². The lowest BCUT2D eigenvalue weighted by atomic mass is 10.0. The van der Waals surface area contributed by atoms with Crippen LogP contribution in [0.2, 0.25) is 0 Å². The van der Waals surface area contributed by atoms with Gasteiger partial charge in [0.05, 0.1) is 6.04 Å². The van der Waals surface area contributed by atoms with Crippen molar-refractivity contribution in [2.24, 2.45) is 0 Å². The van der Waals surface area contributed by atoms with E-state index < -0.39 is 0 Å². The van der Waals surface area contributed by atoms with Gasteiger partial charge < -0.3 is 15.0 Å². The van der Waals surface area contributed by atoms with Gasteiger partial charge in [0.1, 0.15) is 11.6 Å². The van der Waals surface area contributed by atoms with E-state index >= 15 is 0 Å². The molecule has 0 radical (unpaired) electrons. The Hall–Kier alpha value is -2.54. The lowest BCUT2D eigenvalue weighted by Gasteiger charge is -2.21. The Bertz CT molecular complexity index is 869. The number of ether oxygens (including phenoxy) is 1. The van der Waals surface area contributed by atoms with Gasteiger partial charge in [0.15, 0.2) is 6.61 Å². The lowest BCUT2D eigenvalue weighted by Crippen LogP contribution is -2.32. The summed E-state index contributed by atoms with van der Waals surface area (Å²) in [5, 5.41) is 3.07. The number of rotatable bonds is 10. The van der Waals surface area contributed by atoms with Gasteiger partial charge in [-0.3, -0.25) is 9.59 Å². The predicted molar refractivity (Wildman–Crippen MR) is 121 cm³/mol. The Morgan fingerprint density at radius 2 is 1.84 bits per heavy atom. The van der Waals surface area contributed by atoms with E-state index in [1.54, 1.807) is 12.1 Å². The Morgan fingerprint density at radius 3 is 2.55 bits per heavy atom. The molecule has 0 aromatic heterocycles. The largest absolute Gasteiger partial charge is 0.483 e. The van der Waals surface area contributed by atoms with Crippen molar-refractivity contribution in [2.75, 3.05) is 25.4 Å². The first-order valence-corrected chi connectivity index (χ1v) is 11.7. The number of amides is 2. The highest BCUT2D eigenvalue weighted by Crippen LogP contribution is 2.28. The minimum absolute atomic E-state index is 0.00204. The van der Waals surface area contributed by atoms with Crippen LogP contribution in [0, 0.1) is 5.82 Å². The summed E-state index contributed by atoms with van der Waals surface area (Å²) in [7, 11) is 0. The maximum atomic E-state index is 13.0. The van der Waals surface area contributed by atoms with Crippen LogP contribution in [0.25, 0.3) is 0 Å². The van der Waals surface area contributed by atoms with Crippen LogP contribution in [0.3, 0.4) is 0 Å². The highest BCUT2D eigenvalue weighted by molar-refractivity contribution is 7.99. The van der Waals surface area contributed by atoms with Crippen molar-refractivity contribution < 1.29 is 18.7 Å². The molecule has 0 spiro atoms. The van der Waals surface area contributed by atoms with Crippen LogP contribution in [0.5, 0.6) is 5.75 Å². The van der Waals surface area contributed by atoms with Crippen LogP contribution >= 0.6 is 11.8 Å². The highest BCUT2D eigenvalue weighted by Gasteiger charge is 2.20. The van der Waals surface area contributed by atoms with Gasteiger partial charge in [-0.05, 0) is 49.6 Å². The minimum atomic E-state index is -0.268. The Balaban J connectivity index is 1.52. The quantitative estimate of drug-likeness (QED) is 0.545. The fraction of sp³-hybridized carbons (Fsp3) is 0.417. The molecule has 1 aliphatic rings. The topological polar surface area (TPSA) is 58.6 Å². The van der Waals surface area contributed by atoms with Gasteiger partial charge in [-0.1, -0.05) is 25.1 Å². The van der Waals surface area contributed by atoms with Crippen molar-refractivity contribution in [1.29, 1.82) is 0 Å². The second-order valence-corrected chi connectivity index (χ2v) is 8.66. The van der Waals surface area contributed by atoms with Gasteiger partial charge in [0, 0.05) is 35.7 Å². The van der Waals surface area contributed by atoms with Gasteiger partial charge in [-0.25, -0.2) is 4.39 Å². The van der Waals surface area contributed by atoms with Crippen LogP contribution in [0.4, 0.5) is 4.39 Å². The van der Waals surface area contributed by atoms with Crippen LogP contribution in [0.1, 0.15) is 44.2 Å². The smallest absolute Gasteiger partial charge is 0.260 e. The zero-order valence-corrected chi connectivity index (χ0v) is 18.6. The number of carbonyl (C=O) groups is 2. The molecule has 2 aromatic carbocycles. The molecule has 1 N–H and O–H groups in total. The number of nitrogens with one attached hydrogen (secondary N) is 1. The summed E-state index contributed by atoms with van der Waals surface area (Å²) in [6, 6.07) is 13.6. The van der Waals surface area contributed by atoms with Crippen molar-refractivity contribution in [3.63, 3.8) is 0 Å². The molecule has 0 aliphatic carbocycles. The summed E-state index contributed by atoms with van der Waals surface area (Å²) in [5.41, 5.74) is 0.874. The van der Waals surface area contributed by atoms with Crippen LogP contribution < -0.4 is 10.1 Å². The number of likely N-dealkylation sites (tertiary alicyclic amines) is 1. The van der Waals surface area contributed by atoms with E-state index in [9.17, 15) is 14.0 Å². The summed E-state index contributed by atoms with van der Waals surface area (Å²) in [6.07, 6.45) is 3.16. The molecular formula is C24H29FN2O3S. The average molecular weight is 445 g/mol. The summed E-state index contributed by atoms with van der Waals surface area (Å²) >= 11 is 1.52. The molecule has 1 saturated heterocycles. The number of para-hydroxylation sites is 1. The normalized spacial score (nSPS) is 14.3. The second kappa shape index (κ2) is 11.7. The first kappa shape index (κ1) is 23.1. The first-order valence-electron chi connectivity index (χ1n) is 10.7. The van der Waals surface area contributed by atoms with Crippen LogP contribution in [0.15, 0.2) is 53.4 Å². The average Bonchev–Trinajstić information content (AvgIpc) is 3.33. The third-order valence-corrected chi connectivity index (χ3v) is 6.27. The molecule has 7 heteroatoms. The number of hydrogen-bond donors (Lipinski definition) is 1. The first-order chi connectivity index (χ1) is 15.1.